The molecule has 0 saturated carbocycles. The number of ether oxygens (including phenoxy) is 2. The lowest BCUT2D eigenvalue weighted by Crippen LogP contribution is -2.08. The highest BCUT2D eigenvalue weighted by molar-refractivity contribution is 5.79. The van der Waals surface area contributed by atoms with Crippen LogP contribution in [-0.2, 0) is 0 Å². The van der Waals surface area contributed by atoms with Crippen molar-refractivity contribution in [3.8, 4) is 45.4 Å². The van der Waals surface area contributed by atoms with Gasteiger partial charge in [0, 0.05) is 36.5 Å². The molecule has 0 aliphatic carbocycles. The van der Waals surface area contributed by atoms with E-state index in [9.17, 15) is 0 Å². The molecule has 0 amide bonds. The van der Waals surface area contributed by atoms with Gasteiger partial charge in [0.25, 0.3) is 0 Å². The van der Waals surface area contributed by atoms with Crippen molar-refractivity contribution in [1.29, 1.82) is 0 Å². The van der Waals surface area contributed by atoms with Crippen LogP contribution in [0.5, 0.6) is 11.5 Å². The van der Waals surface area contributed by atoms with Gasteiger partial charge in [-0.3, -0.25) is 0 Å². The van der Waals surface area contributed by atoms with Gasteiger partial charge in [-0.05, 0) is 86.6 Å². The van der Waals surface area contributed by atoms with Crippen LogP contribution in [0.25, 0.3) is 33.9 Å². The molecule has 168 valence electrons. The molecule has 6 nitrogen and oxygen atoms in total. The van der Waals surface area contributed by atoms with Crippen molar-refractivity contribution in [3.05, 3.63) is 72.8 Å². The molecule has 4 rings (SSSR count). The first-order valence-corrected chi connectivity index (χ1v) is 11.1. The van der Waals surface area contributed by atoms with Gasteiger partial charge in [0.2, 0.25) is 0 Å². The smallest absolute Gasteiger partial charge is 0.182 e. The number of hydrogen-bond donors (Lipinski definition) is 0. The van der Waals surface area contributed by atoms with Crippen LogP contribution in [0.15, 0.2) is 72.8 Å². The van der Waals surface area contributed by atoms with E-state index in [4.69, 9.17) is 14.5 Å². The highest BCUT2D eigenvalue weighted by atomic mass is 16.5. The Balaban J connectivity index is 1.78. The average Bonchev–Trinajstić information content (AvgIpc) is 2.85. The molecule has 0 N–H and O–H groups in total. The summed E-state index contributed by atoms with van der Waals surface area (Å²) >= 11 is 0. The van der Waals surface area contributed by atoms with E-state index in [-0.39, 0.29) is 0 Å². The predicted octanol–water partition coefficient (Wildman–Crippen LogP) is 5.74. The normalized spacial score (nSPS) is 10.7. The quantitative estimate of drug-likeness (QED) is 0.348. The Hall–Kier alpha value is -3.93. The van der Waals surface area contributed by atoms with Crippen molar-refractivity contribution >= 4 is 5.69 Å². The van der Waals surface area contributed by atoms with Gasteiger partial charge < -0.3 is 14.4 Å². The molecule has 3 aromatic carbocycles. The third-order valence-electron chi connectivity index (χ3n) is 5.21. The maximum Gasteiger partial charge on any atom is 0.182 e. The molecule has 0 saturated heterocycles. The minimum Gasteiger partial charge on any atom is -0.494 e. The van der Waals surface area contributed by atoms with Crippen molar-refractivity contribution in [2.45, 2.75) is 13.8 Å². The highest BCUT2D eigenvalue weighted by Crippen LogP contribution is 2.32. The van der Waals surface area contributed by atoms with Gasteiger partial charge in [-0.15, -0.1) is 10.2 Å². The van der Waals surface area contributed by atoms with E-state index in [1.165, 1.54) is 0 Å². The molecule has 0 unspecified atom stereocenters. The molecule has 4 aromatic rings. The Kier molecular flexibility index (Phi) is 6.83. The van der Waals surface area contributed by atoms with Crippen LogP contribution in [-0.4, -0.2) is 42.5 Å². The molecule has 1 aromatic heterocycles. The fraction of sp³-hybridized carbons (Fsp3) is 0.222. The molecular formula is C27H28N4O2. The van der Waals surface area contributed by atoms with Crippen LogP contribution in [0.2, 0.25) is 0 Å². The second-order valence-corrected chi connectivity index (χ2v) is 7.69. The summed E-state index contributed by atoms with van der Waals surface area (Å²) in [5.74, 6) is 2.23. The zero-order chi connectivity index (χ0) is 23.2. The molecule has 0 fully saturated rings. The Bertz CT molecular complexity index is 1190. The standard InChI is InChI=1S/C27H28N4O2/c1-5-32-23-15-9-19(10-16-23)25-26(20-11-17-24(18-12-20)33-6-2)29-30-27(28-25)21-7-13-22(14-8-21)31(3)4/h7-18H,5-6H2,1-4H3. The van der Waals surface area contributed by atoms with Crippen molar-refractivity contribution in [2.24, 2.45) is 0 Å². The second-order valence-electron chi connectivity index (χ2n) is 7.69. The maximum absolute atomic E-state index is 5.61. The summed E-state index contributed by atoms with van der Waals surface area (Å²) in [5, 5.41) is 9.06. The van der Waals surface area contributed by atoms with Gasteiger partial charge in [-0.2, -0.15) is 0 Å². The van der Waals surface area contributed by atoms with Crippen LogP contribution in [0.4, 0.5) is 5.69 Å². The zero-order valence-corrected chi connectivity index (χ0v) is 19.4. The summed E-state index contributed by atoms with van der Waals surface area (Å²) in [6.45, 7) is 5.19. The van der Waals surface area contributed by atoms with Gasteiger partial charge in [-0.1, -0.05) is 0 Å². The van der Waals surface area contributed by atoms with Gasteiger partial charge in [0.05, 0.1) is 13.2 Å². The van der Waals surface area contributed by atoms with Crippen LogP contribution < -0.4 is 14.4 Å². The van der Waals surface area contributed by atoms with Gasteiger partial charge in [0.15, 0.2) is 5.82 Å². The summed E-state index contributed by atoms with van der Waals surface area (Å²) in [5.41, 5.74) is 5.39. The molecule has 33 heavy (non-hydrogen) atoms. The van der Waals surface area contributed by atoms with E-state index >= 15 is 0 Å². The first-order valence-electron chi connectivity index (χ1n) is 11.1. The lowest BCUT2D eigenvalue weighted by Gasteiger charge is -2.13. The third-order valence-corrected chi connectivity index (χ3v) is 5.21. The minimum absolute atomic E-state index is 0.582. The van der Waals surface area contributed by atoms with Crippen LogP contribution in [0.1, 0.15) is 13.8 Å². The minimum atomic E-state index is 0.582. The van der Waals surface area contributed by atoms with Gasteiger partial charge in [-0.25, -0.2) is 4.98 Å². The van der Waals surface area contributed by atoms with Crippen LogP contribution in [0.3, 0.4) is 0 Å². The number of benzene rings is 3. The predicted molar refractivity (Wildman–Crippen MR) is 133 cm³/mol. The van der Waals surface area contributed by atoms with Crippen molar-refractivity contribution in [3.63, 3.8) is 0 Å². The molecule has 0 radical (unpaired) electrons. The fourth-order valence-corrected chi connectivity index (χ4v) is 3.50. The number of rotatable bonds is 8. The maximum atomic E-state index is 5.61. The molecule has 0 atom stereocenters. The van der Waals surface area contributed by atoms with Crippen molar-refractivity contribution < 1.29 is 9.47 Å². The van der Waals surface area contributed by atoms with Gasteiger partial charge in [0.1, 0.15) is 22.9 Å². The van der Waals surface area contributed by atoms with Crippen molar-refractivity contribution in [2.75, 3.05) is 32.2 Å². The Morgan fingerprint density at radius 2 is 1.09 bits per heavy atom. The Morgan fingerprint density at radius 3 is 1.58 bits per heavy atom. The summed E-state index contributed by atoms with van der Waals surface area (Å²) in [4.78, 5) is 7.00. The molecule has 6 heteroatoms. The van der Waals surface area contributed by atoms with Crippen LogP contribution in [0, 0.1) is 0 Å². The number of anilines is 1. The van der Waals surface area contributed by atoms with Crippen LogP contribution >= 0.6 is 0 Å². The number of nitrogens with zero attached hydrogens (tertiary/aromatic N) is 4. The summed E-state index contributed by atoms with van der Waals surface area (Å²) in [7, 11) is 4.03. The Labute approximate surface area is 194 Å². The van der Waals surface area contributed by atoms with E-state index in [2.05, 4.69) is 27.2 Å². The first-order chi connectivity index (χ1) is 16.1. The average molecular weight is 441 g/mol. The first kappa shape index (κ1) is 22.3. The van der Waals surface area contributed by atoms with E-state index in [0.717, 1.165) is 45.3 Å². The molecule has 0 aliphatic rings. The third kappa shape index (κ3) is 5.12. The summed E-state index contributed by atoms with van der Waals surface area (Å²) in [6.07, 6.45) is 0. The van der Waals surface area contributed by atoms with E-state index in [1.54, 1.807) is 0 Å². The molecular weight excluding hydrogens is 412 g/mol. The lowest BCUT2D eigenvalue weighted by molar-refractivity contribution is 0.340. The number of hydrogen-bond acceptors (Lipinski definition) is 6. The summed E-state index contributed by atoms with van der Waals surface area (Å²) < 4.78 is 11.2. The van der Waals surface area contributed by atoms with Gasteiger partial charge >= 0.3 is 0 Å². The highest BCUT2D eigenvalue weighted by Gasteiger charge is 2.15. The topological polar surface area (TPSA) is 60.4 Å². The zero-order valence-electron chi connectivity index (χ0n) is 19.4. The largest absolute Gasteiger partial charge is 0.494 e. The monoisotopic (exact) mass is 440 g/mol. The molecule has 1 heterocycles. The summed E-state index contributed by atoms with van der Waals surface area (Å²) in [6, 6.07) is 23.9. The number of aromatic nitrogens is 3. The molecule has 0 bridgehead atoms. The van der Waals surface area contributed by atoms with Crippen molar-refractivity contribution in [1.82, 2.24) is 15.2 Å². The van der Waals surface area contributed by atoms with E-state index < -0.39 is 0 Å². The lowest BCUT2D eigenvalue weighted by atomic mass is 10.0. The fourth-order valence-electron chi connectivity index (χ4n) is 3.50. The second kappa shape index (κ2) is 10.1. The molecule has 0 spiro atoms. The SMILES string of the molecule is CCOc1ccc(-c2nnc(-c3ccc(N(C)C)cc3)nc2-c2ccc(OCC)cc2)cc1. The Morgan fingerprint density at radius 1 is 0.606 bits per heavy atom. The van der Waals surface area contributed by atoms with E-state index in [1.807, 2.05) is 88.6 Å². The van der Waals surface area contributed by atoms with E-state index in [0.29, 0.717) is 19.0 Å². The molecule has 0 aliphatic heterocycles.